The molecule has 1 unspecified atom stereocenters. The second-order valence-electron chi connectivity index (χ2n) is 4.09. The number of aromatic hydroxyl groups is 1. The molecule has 0 spiro atoms. The first-order valence-electron chi connectivity index (χ1n) is 5.74. The Morgan fingerprint density at radius 1 is 1.33 bits per heavy atom. The van der Waals surface area contributed by atoms with Crippen molar-refractivity contribution in [1.82, 2.24) is 5.32 Å². The molecule has 1 aromatic rings. The topological polar surface area (TPSA) is 50.7 Å². The molecule has 1 heterocycles. The summed E-state index contributed by atoms with van der Waals surface area (Å²) in [6, 6.07) is 3.20. The Kier molecular flexibility index (Phi) is 5.09. The lowest BCUT2D eigenvalue weighted by molar-refractivity contribution is -0.0864. The van der Waals surface area contributed by atoms with Crippen molar-refractivity contribution in [2.75, 3.05) is 26.4 Å². The molecular weight excluding hydrogens is 277 g/mol. The van der Waals surface area contributed by atoms with Gasteiger partial charge in [0, 0.05) is 23.7 Å². The number of nitrogens with one attached hydrogen (secondary N) is 1. The van der Waals surface area contributed by atoms with Crippen molar-refractivity contribution < 1.29 is 14.6 Å². The van der Waals surface area contributed by atoms with Crippen molar-refractivity contribution in [3.63, 3.8) is 0 Å². The van der Waals surface area contributed by atoms with Crippen LogP contribution in [-0.4, -0.2) is 37.6 Å². The average molecular weight is 292 g/mol. The molecule has 0 bridgehead atoms. The van der Waals surface area contributed by atoms with E-state index < -0.39 is 0 Å². The molecule has 0 amide bonds. The van der Waals surface area contributed by atoms with Crippen molar-refractivity contribution in [2.45, 2.75) is 12.6 Å². The molecule has 6 heteroatoms. The molecule has 1 atom stereocenters. The van der Waals surface area contributed by atoms with Gasteiger partial charge in [0.1, 0.15) is 5.75 Å². The minimum absolute atomic E-state index is 0.0514. The minimum Gasteiger partial charge on any atom is -0.506 e. The fraction of sp³-hybridized carbons (Fsp3) is 0.500. The molecule has 1 saturated heterocycles. The van der Waals surface area contributed by atoms with Crippen molar-refractivity contribution in [2.24, 2.45) is 0 Å². The fourth-order valence-corrected chi connectivity index (χ4v) is 2.31. The van der Waals surface area contributed by atoms with Crippen LogP contribution in [0.3, 0.4) is 0 Å². The van der Waals surface area contributed by atoms with Crippen LogP contribution in [0.5, 0.6) is 5.75 Å². The zero-order valence-corrected chi connectivity index (χ0v) is 11.3. The lowest BCUT2D eigenvalue weighted by Crippen LogP contribution is -2.37. The number of benzene rings is 1. The summed E-state index contributed by atoms with van der Waals surface area (Å²) in [5.41, 5.74) is 0.671. The largest absolute Gasteiger partial charge is 0.506 e. The molecule has 2 rings (SSSR count). The predicted molar refractivity (Wildman–Crippen MR) is 70.4 cm³/mol. The van der Waals surface area contributed by atoms with Gasteiger partial charge in [0.25, 0.3) is 0 Å². The Bertz CT molecular complexity index is 409. The summed E-state index contributed by atoms with van der Waals surface area (Å²) >= 11 is 11.7. The summed E-state index contributed by atoms with van der Waals surface area (Å²) in [6.45, 7) is 3.01. The minimum atomic E-state index is 0.0514. The SMILES string of the molecule is Oc1c(Cl)cc(Cl)cc1CNCC1COCCO1. The van der Waals surface area contributed by atoms with E-state index >= 15 is 0 Å². The molecule has 0 saturated carbocycles. The second-order valence-corrected chi connectivity index (χ2v) is 4.94. The van der Waals surface area contributed by atoms with Gasteiger partial charge in [0.2, 0.25) is 0 Å². The molecular formula is C12H15Cl2NO3. The van der Waals surface area contributed by atoms with E-state index in [9.17, 15) is 5.11 Å². The van der Waals surface area contributed by atoms with Crippen LogP contribution >= 0.6 is 23.2 Å². The zero-order valence-electron chi connectivity index (χ0n) is 9.79. The van der Waals surface area contributed by atoms with E-state index in [-0.39, 0.29) is 16.9 Å². The summed E-state index contributed by atoms with van der Waals surface area (Å²) in [4.78, 5) is 0. The van der Waals surface area contributed by atoms with Gasteiger partial charge in [-0.1, -0.05) is 23.2 Å². The molecule has 18 heavy (non-hydrogen) atoms. The van der Waals surface area contributed by atoms with Crippen LogP contribution in [0.1, 0.15) is 5.56 Å². The van der Waals surface area contributed by atoms with Gasteiger partial charge < -0.3 is 19.9 Å². The van der Waals surface area contributed by atoms with Crippen molar-refractivity contribution >= 4 is 23.2 Å². The Labute approximate surface area is 116 Å². The van der Waals surface area contributed by atoms with Gasteiger partial charge in [0.05, 0.1) is 30.9 Å². The van der Waals surface area contributed by atoms with Crippen molar-refractivity contribution in [3.05, 3.63) is 27.7 Å². The van der Waals surface area contributed by atoms with Crippen LogP contribution in [-0.2, 0) is 16.0 Å². The van der Waals surface area contributed by atoms with E-state index in [1.807, 2.05) is 0 Å². The molecule has 1 aliphatic heterocycles. The molecule has 1 aliphatic rings. The molecule has 100 valence electrons. The van der Waals surface area contributed by atoms with Gasteiger partial charge >= 0.3 is 0 Å². The molecule has 0 radical (unpaired) electrons. The maximum Gasteiger partial charge on any atom is 0.138 e. The smallest absolute Gasteiger partial charge is 0.138 e. The van der Waals surface area contributed by atoms with Gasteiger partial charge in [-0.3, -0.25) is 0 Å². The molecule has 0 aliphatic carbocycles. The number of phenols is 1. The molecule has 4 nitrogen and oxygen atoms in total. The Hall–Kier alpha value is -0.520. The molecule has 1 aromatic carbocycles. The highest BCUT2D eigenvalue weighted by molar-refractivity contribution is 6.35. The highest BCUT2D eigenvalue weighted by Gasteiger charge is 2.14. The lowest BCUT2D eigenvalue weighted by atomic mass is 10.2. The average Bonchev–Trinajstić information content (AvgIpc) is 2.36. The number of rotatable bonds is 4. The maximum atomic E-state index is 9.77. The van der Waals surface area contributed by atoms with E-state index in [0.29, 0.717) is 43.5 Å². The quantitative estimate of drug-likeness (QED) is 0.893. The summed E-state index contributed by atoms with van der Waals surface area (Å²) in [5.74, 6) is 0.0642. The Morgan fingerprint density at radius 2 is 2.17 bits per heavy atom. The van der Waals surface area contributed by atoms with Crippen LogP contribution in [0.4, 0.5) is 0 Å². The number of hydrogen-bond donors (Lipinski definition) is 2. The van der Waals surface area contributed by atoms with Crippen LogP contribution < -0.4 is 5.32 Å². The Balaban J connectivity index is 1.86. The molecule has 2 N–H and O–H groups in total. The molecule has 0 aromatic heterocycles. The summed E-state index contributed by atoms with van der Waals surface area (Å²) < 4.78 is 10.8. The highest BCUT2D eigenvalue weighted by atomic mass is 35.5. The van der Waals surface area contributed by atoms with Crippen molar-refractivity contribution in [1.29, 1.82) is 0 Å². The van der Waals surface area contributed by atoms with Crippen LogP contribution in [0.2, 0.25) is 10.0 Å². The normalized spacial score (nSPS) is 20.0. The maximum absolute atomic E-state index is 9.77. The van der Waals surface area contributed by atoms with E-state index in [0.717, 1.165) is 0 Å². The second kappa shape index (κ2) is 6.59. The first kappa shape index (κ1) is 13.9. The third kappa shape index (κ3) is 3.73. The summed E-state index contributed by atoms with van der Waals surface area (Å²) in [7, 11) is 0. The monoisotopic (exact) mass is 291 g/mol. The fourth-order valence-electron chi connectivity index (χ4n) is 1.78. The van der Waals surface area contributed by atoms with E-state index in [4.69, 9.17) is 32.7 Å². The van der Waals surface area contributed by atoms with Gasteiger partial charge in [-0.25, -0.2) is 0 Å². The summed E-state index contributed by atoms with van der Waals surface area (Å²) in [6.07, 6.45) is 0.0514. The first-order valence-corrected chi connectivity index (χ1v) is 6.49. The molecule has 1 fully saturated rings. The Morgan fingerprint density at radius 3 is 2.89 bits per heavy atom. The van der Waals surface area contributed by atoms with E-state index in [1.54, 1.807) is 6.07 Å². The number of ether oxygens (including phenoxy) is 2. The van der Waals surface area contributed by atoms with Gasteiger partial charge in [-0.05, 0) is 12.1 Å². The van der Waals surface area contributed by atoms with Crippen LogP contribution in [0.15, 0.2) is 12.1 Å². The van der Waals surface area contributed by atoms with Gasteiger partial charge in [-0.2, -0.15) is 0 Å². The predicted octanol–water partition coefficient (Wildman–Crippen LogP) is 2.20. The zero-order chi connectivity index (χ0) is 13.0. The standard InChI is InChI=1S/C12H15Cl2NO3/c13-9-3-8(12(16)11(14)4-9)5-15-6-10-7-17-1-2-18-10/h3-4,10,15-16H,1-2,5-7H2. The third-order valence-corrected chi connectivity index (χ3v) is 3.19. The number of hydrogen-bond acceptors (Lipinski definition) is 4. The number of halogens is 2. The van der Waals surface area contributed by atoms with Crippen LogP contribution in [0.25, 0.3) is 0 Å². The first-order chi connectivity index (χ1) is 8.66. The number of phenolic OH excluding ortho intramolecular Hbond substituents is 1. The lowest BCUT2D eigenvalue weighted by Gasteiger charge is -2.23. The summed E-state index contributed by atoms with van der Waals surface area (Å²) in [5, 5.41) is 13.7. The highest BCUT2D eigenvalue weighted by Crippen LogP contribution is 2.30. The van der Waals surface area contributed by atoms with Gasteiger partial charge in [0.15, 0.2) is 0 Å². The van der Waals surface area contributed by atoms with E-state index in [2.05, 4.69) is 5.32 Å². The van der Waals surface area contributed by atoms with Gasteiger partial charge in [-0.15, -0.1) is 0 Å². The van der Waals surface area contributed by atoms with Crippen LogP contribution in [0, 0.1) is 0 Å². The van der Waals surface area contributed by atoms with Crippen molar-refractivity contribution in [3.8, 4) is 5.75 Å². The van der Waals surface area contributed by atoms with E-state index in [1.165, 1.54) is 6.07 Å². The third-order valence-electron chi connectivity index (χ3n) is 2.68.